The van der Waals surface area contributed by atoms with Gasteiger partial charge in [0.1, 0.15) is 6.54 Å². The van der Waals surface area contributed by atoms with E-state index < -0.39 is 27.4 Å². The first-order valence-corrected chi connectivity index (χ1v) is 14.1. The van der Waals surface area contributed by atoms with Gasteiger partial charge in [-0.15, -0.1) is 0 Å². The maximum Gasteiger partial charge on any atom is 0.270 e. The van der Waals surface area contributed by atoms with E-state index in [9.17, 15) is 23.3 Å². The van der Waals surface area contributed by atoms with Gasteiger partial charge in [0.25, 0.3) is 21.6 Å². The Morgan fingerprint density at radius 3 is 2.30 bits per heavy atom. The van der Waals surface area contributed by atoms with E-state index in [-0.39, 0.29) is 10.6 Å². The van der Waals surface area contributed by atoms with Crippen LogP contribution in [0.1, 0.15) is 22.3 Å². The topological polar surface area (TPSA) is 134 Å². The molecule has 0 atom stereocenters. The number of hydrogen-bond acceptors (Lipinski definition) is 8. The molecule has 3 aromatic rings. The zero-order valence-electron chi connectivity index (χ0n) is 22.5. The number of ether oxygens (including phenoxy) is 1. The van der Waals surface area contributed by atoms with E-state index in [1.165, 1.54) is 30.5 Å². The van der Waals surface area contributed by atoms with E-state index in [2.05, 4.69) is 10.5 Å². The van der Waals surface area contributed by atoms with Crippen LogP contribution >= 0.6 is 0 Å². The summed E-state index contributed by atoms with van der Waals surface area (Å²) in [5, 5.41) is 15.4. The number of aryl methyl sites for hydroxylation is 3. The molecule has 0 bridgehead atoms. The van der Waals surface area contributed by atoms with Crippen molar-refractivity contribution in [2.24, 2.45) is 5.10 Å². The lowest BCUT2D eigenvalue weighted by molar-refractivity contribution is -0.384. The lowest BCUT2D eigenvalue weighted by Crippen LogP contribution is -2.39. The monoisotopic (exact) mass is 565 g/mol. The summed E-state index contributed by atoms with van der Waals surface area (Å²) < 4.78 is 33.7. The van der Waals surface area contributed by atoms with Gasteiger partial charge in [-0.1, -0.05) is 23.8 Å². The van der Waals surface area contributed by atoms with Gasteiger partial charge in [-0.2, -0.15) is 5.10 Å². The first kappa shape index (κ1) is 28.7. The molecule has 1 N–H and O–H groups in total. The summed E-state index contributed by atoms with van der Waals surface area (Å²) in [5.74, 6) is -0.676. The molecule has 210 valence electrons. The van der Waals surface area contributed by atoms with Crippen LogP contribution in [0.15, 0.2) is 70.7 Å². The molecule has 1 amide bonds. The van der Waals surface area contributed by atoms with Crippen LogP contribution in [-0.4, -0.2) is 58.3 Å². The predicted molar refractivity (Wildman–Crippen MR) is 153 cm³/mol. The van der Waals surface area contributed by atoms with Crippen molar-refractivity contribution in [3.05, 3.63) is 93.0 Å². The van der Waals surface area contributed by atoms with Gasteiger partial charge in [-0.05, 0) is 62.2 Å². The molecule has 1 fully saturated rings. The van der Waals surface area contributed by atoms with Gasteiger partial charge in [0.2, 0.25) is 0 Å². The highest BCUT2D eigenvalue weighted by Gasteiger charge is 2.27. The average Bonchev–Trinajstić information content (AvgIpc) is 2.91. The molecule has 1 aliphatic rings. The molecule has 3 aromatic carbocycles. The second-order valence-corrected chi connectivity index (χ2v) is 11.4. The molecule has 0 unspecified atom stereocenters. The summed E-state index contributed by atoms with van der Waals surface area (Å²) >= 11 is 0. The standard InChI is InChI=1S/C28H31N5O6S/c1-20-4-7-26(8-5-20)40(37,38)32(25-15-21(2)14-22(3)16-25)19-28(34)30-29-18-23-17-24(33(35)36)6-9-27(23)31-10-12-39-13-11-31/h4-9,14-18H,10-13,19H2,1-3H3,(H,30,34)/b29-18-. The molecule has 1 aliphatic heterocycles. The number of hydrazone groups is 1. The zero-order chi connectivity index (χ0) is 28.9. The number of nitro groups is 1. The minimum absolute atomic E-state index is 0.0558. The maximum atomic E-state index is 13.6. The van der Waals surface area contributed by atoms with Crippen molar-refractivity contribution < 1.29 is 22.9 Å². The number of carbonyl (C=O) groups is 1. The molecular weight excluding hydrogens is 534 g/mol. The van der Waals surface area contributed by atoms with Crippen molar-refractivity contribution in [3.8, 4) is 0 Å². The van der Waals surface area contributed by atoms with Gasteiger partial charge in [0.15, 0.2) is 0 Å². The number of carbonyl (C=O) groups excluding carboxylic acids is 1. The summed E-state index contributed by atoms with van der Waals surface area (Å²) in [6.07, 6.45) is 1.32. The SMILES string of the molecule is Cc1ccc(S(=O)(=O)N(CC(=O)N/N=C\c2cc([N+](=O)[O-])ccc2N2CCOCC2)c2cc(C)cc(C)c2)cc1. The molecule has 0 saturated carbocycles. The van der Waals surface area contributed by atoms with Gasteiger partial charge >= 0.3 is 0 Å². The minimum Gasteiger partial charge on any atom is -0.378 e. The Kier molecular flexibility index (Phi) is 8.80. The second kappa shape index (κ2) is 12.3. The Bertz CT molecular complexity index is 1510. The van der Waals surface area contributed by atoms with Gasteiger partial charge in [-0.25, -0.2) is 13.8 Å². The number of morpholine rings is 1. The third kappa shape index (κ3) is 6.82. The fourth-order valence-corrected chi connectivity index (χ4v) is 5.84. The fourth-order valence-electron chi connectivity index (χ4n) is 4.44. The van der Waals surface area contributed by atoms with E-state index in [1.54, 1.807) is 30.3 Å². The number of benzene rings is 3. The summed E-state index contributed by atoms with van der Waals surface area (Å²) in [4.78, 5) is 25.9. The molecule has 4 rings (SSSR count). The number of nitro benzene ring substituents is 1. The average molecular weight is 566 g/mol. The smallest absolute Gasteiger partial charge is 0.270 e. The third-order valence-corrected chi connectivity index (χ3v) is 8.15. The summed E-state index contributed by atoms with van der Waals surface area (Å²) in [5.41, 5.74) is 6.37. The number of amides is 1. The van der Waals surface area contributed by atoms with E-state index >= 15 is 0 Å². The fraction of sp³-hybridized carbons (Fsp3) is 0.286. The van der Waals surface area contributed by atoms with Gasteiger partial charge in [-0.3, -0.25) is 19.2 Å². The molecule has 0 radical (unpaired) electrons. The van der Waals surface area contributed by atoms with Crippen LogP contribution < -0.4 is 14.6 Å². The number of rotatable bonds is 9. The molecule has 12 heteroatoms. The van der Waals surface area contributed by atoms with Crippen molar-refractivity contribution in [2.75, 3.05) is 42.1 Å². The number of anilines is 2. The van der Waals surface area contributed by atoms with Crippen molar-refractivity contribution in [2.45, 2.75) is 25.7 Å². The first-order chi connectivity index (χ1) is 19.0. The van der Waals surface area contributed by atoms with Crippen LogP contribution in [0.2, 0.25) is 0 Å². The first-order valence-electron chi connectivity index (χ1n) is 12.7. The number of non-ortho nitro benzene ring substituents is 1. The molecule has 1 heterocycles. The van der Waals surface area contributed by atoms with Crippen LogP contribution in [0.3, 0.4) is 0 Å². The Labute approximate surface area is 233 Å². The lowest BCUT2D eigenvalue weighted by atomic mass is 10.1. The lowest BCUT2D eigenvalue weighted by Gasteiger charge is -2.29. The molecule has 40 heavy (non-hydrogen) atoms. The number of nitrogens with zero attached hydrogens (tertiary/aromatic N) is 4. The Morgan fingerprint density at radius 2 is 1.68 bits per heavy atom. The second-order valence-electron chi connectivity index (χ2n) is 9.56. The van der Waals surface area contributed by atoms with Crippen molar-refractivity contribution in [1.82, 2.24) is 5.43 Å². The van der Waals surface area contributed by atoms with Crippen LogP contribution in [0.25, 0.3) is 0 Å². The van der Waals surface area contributed by atoms with E-state index in [0.29, 0.717) is 43.2 Å². The van der Waals surface area contributed by atoms with Crippen LogP contribution in [-0.2, 0) is 19.6 Å². The molecule has 0 aliphatic carbocycles. The number of sulfonamides is 1. The number of hydrogen-bond donors (Lipinski definition) is 1. The Hall–Kier alpha value is -4.29. The maximum absolute atomic E-state index is 13.6. The predicted octanol–water partition coefficient (Wildman–Crippen LogP) is 3.70. The largest absolute Gasteiger partial charge is 0.378 e. The van der Waals surface area contributed by atoms with E-state index in [1.807, 2.05) is 31.7 Å². The van der Waals surface area contributed by atoms with Gasteiger partial charge in [0, 0.05) is 36.5 Å². The van der Waals surface area contributed by atoms with Crippen LogP contribution in [0.5, 0.6) is 0 Å². The number of nitrogens with one attached hydrogen (secondary N) is 1. The third-order valence-electron chi connectivity index (χ3n) is 6.36. The summed E-state index contributed by atoms with van der Waals surface area (Å²) in [6, 6.07) is 16.2. The zero-order valence-corrected chi connectivity index (χ0v) is 23.3. The van der Waals surface area contributed by atoms with E-state index in [4.69, 9.17) is 4.74 Å². The normalized spacial score (nSPS) is 13.8. The Balaban J connectivity index is 1.60. The van der Waals surface area contributed by atoms with Gasteiger partial charge in [0.05, 0.1) is 34.9 Å². The molecule has 0 aromatic heterocycles. The van der Waals surface area contributed by atoms with Gasteiger partial charge < -0.3 is 9.64 Å². The highest BCUT2D eigenvalue weighted by Crippen LogP contribution is 2.27. The van der Waals surface area contributed by atoms with Crippen molar-refractivity contribution in [1.29, 1.82) is 0 Å². The molecule has 0 spiro atoms. The molecule has 1 saturated heterocycles. The van der Waals surface area contributed by atoms with Crippen LogP contribution in [0.4, 0.5) is 17.1 Å². The van der Waals surface area contributed by atoms with E-state index in [0.717, 1.165) is 21.0 Å². The minimum atomic E-state index is -4.09. The highest BCUT2D eigenvalue weighted by molar-refractivity contribution is 7.92. The Morgan fingerprint density at radius 1 is 1.02 bits per heavy atom. The van der Waals surface area contributed by atoms with Crippen LogP contribution in [0, 0.1) is 30.9 Å². The van der Waals surface area contributed by atoms with Crippen molar-refractivity contribution >= 4 is 39.2 Å². The quantitative estimate of drug-likeness (QED) is 0.237. The summed E-state index contributed by atoms with van der Waals surface area (Å²) in [6.45, 7) is 7.28. The highest BCUT2D eigenvalue weighted by atomic mass is 32.2. The van der Waals surface area contributed by atoms with Crippen molar-refractivity contribution in [3.63, 3.8) is 0 Å². The molecular formula is C28H31N5O6S. The summed E-state index contributed by atoms with van der Waals surface area (Å²) in [7, 11) is -4.09. The molecule has 11 nitrogen and oxygen atoms in total.